The van der Waals surface area contributed by atoms with Gasteiger partial charge in [-0.25, -0.2) is 9.78 Å². The monoisotopic (exact) mass is 261 g/mol. The molecule has 1 aromatic heterocycles. The molecular weight excluding hydrogens is 242 g/mol. The van der Waals surface area contributed by atoms with Crippen molar-refractivity contribution < 1.29 is 14.6 Å². The van der Waals surface area contributed by atoms with Gasteiger partial charge in [0, 0.05) is 6.20 Å². The molecule has 0 bridgehead atoms. The van der Waals surface area contributed by atoms with Gasteiger partial charge in [-0.1, -0.05) is 12.8 Å². The van der Waals surface area contributed by atoms with Gasteiger partial charge >= 0.3 is 5.97 Å². The first kappa shape index (κ1) is 12.5. The van der Waals surface area contributed by atoms with Crippen molar-refractivity contribution in [3.8, 4) is 5.75 Å². The number of hydrogen-bond acceptors (Lipinski definition) is 3. The molecule has 2 saturated carbocycles. The molecule has 19 heavy (non-hydrogen) atoms. The number of carboxylic acids is 1. The van der Waals surface area contributed by atoms with Crippen LogP contribution in [-0.4, -0.2) is 22.7 Å². The Balaban J connectivity index is 1.82. The van der Waals surface area contributed by atoms with Gasteiger partial charge in [0.15, 0.2) is 11.4 Å². The summed E-state index contributed by atoms with van der Waals surface area (Å²) in [6.07, 6.45) is 8.96. The molecule has 0 aromatic carbocycles. The Morgan fingerprint density at radius 3 is 2.68 bits per heavy atom. The third-order valence-corrected chi connectivity index (χ3v) is 4.07. The van der Waals surface area contributed by atoms with Gasteiger partial charge in [0.25, 0.3) is 0 Å². The molecule has 2 aliphatic carbocycles. The van der Waals surface area contributed by atoms with Crippen molar-refractivity contribution in [2.75, 3.05) is 6.61 Å². The Labute approximate surface area is 112 Å². The van der Waals surface area contributed by atoms with Gasteiger partial charge in [-0.15, -0.1) is 0 Å². The molecular formula is C15H19NO3. The van der Waals surface area contributed by atoms with Crippen LogP contribution < -0.4 is 4.74 Å². The molecule has 0 spiro atoms. The predicted molar refractivity (Wildman–Crippen MR) is 70.6 cm³/mol. The van der Waals surface area contributed by atoms with E-state index in [-0.39, 0.29) is 5.69 Å². The Hall–Kier alpha value is -1.58. The quantitative estimate of drug-likeness (QED) is 0.884. The Kier molecular flexibility index (Phi) is 3.40. The van der Waals surface area contributed by atoms with Gasteiger partial charge < -0.3 is 9.84 Å². The average Bonchev–Trinajstić information content (AvgIpc) is 3.07. The van der Waals surface area contributed by atoms with Crippen LogP contribution in [0.25, 0.3) is 0 Å². The summed E-state index contributed by atoms with van der Waals surface area (Å²) in [5.74, 6) is 0.572. The highest BCUT2D eigenvalue weighted by molar-refractivity contribution is 5.88. The summed E-state index contributed by atoms with van der Waals surface area (Å²) in [7, 11) is 0. The summed E-state index contributed by atoms with van der Waals surface area (Å²) >= 11 is 0. The minimum absolute atomic E-state index is 0.0439. The second-order valence-corrected chi connectivity index (χ2v) is 5.66. The molecule has 0 radical (unpaired) electrons. The molecule has 0 amide bonds. The highest BCUT2D eigenvalue weighted by Crippen LogP contribution is 2.36. The first-order chi connectivity index (χ1) is 9.24. The molecule has 1 heterocycles. The normalized spacial score (nSPS) is 19.6. The lowest BCUT2D eigenvalue weighted by Gasteiger charge is -2.13. The molecule has 4 heteroatoms. The van der Waals surface area contributed by atoms with Crippen molar-refractivity contribution in [3.63, 3.8) is 0 Å². The Morgan fingerprint density at radius 2 is 2.05 bits per heavy atom. The van der Waals surface area contributed by atoms with E-state index in [1.807, 2.05) is 6.07 Å². The summed E-state index contributed by atoms with van der Waals surface area (Å²) in [6, 6.07) is 1.90. The highest BCUT2D eigenvalue weighted by atomic mass is 16.5. The second-order valence-electron chi connectivity index (χ2n) is 5.66. The van der Waals surface area contributed by atoms with Crippen molar-refractivity contribution in [1.29, 1.82) is 0 Å². The van der Waals surface area contributed by atoms with Gasteiger partial charge in [0.1, 0.15) is 0 Å². The van der Waals surface area contributed by atoms with Gasteiger partial charge in [-0.2, -0.15) is 0 Å². The van der Waals surface area contributed by atoms with E-state index in [0.29, 0.717) is 24.2 Å². The number of pyridine rings is 1. The van der Waals surface area contributed by atoms with Crippen molar-refractivity contribution in [2.45, 2.75) is 44.4 Å². The number of hydrogen-bond donors (Lipinski definition) is 1. The predicted octanol–water partition coefficient (Wildman–Crippen LogP) is 3.23. The maximum absolute atomic E-state index is 11.2. The van der Waals surface area contributed by atoms with Crippen molar-refractivity contribution >= 4 is 5.97 Å². The minimum Gasteiger partial charge on any atom is -0.491 e. The van der Waals surface area contributed by atoms with Gasteiger partial charge in [0.2, 0.25) is 0 Å². The molecule has 4 nitrogen and oxygen atoms in total. The zero-order chi connectivity index (χ0) is 13.2. The zero-order valence-electron chi connectivity index (χ0n) is 11.0. The molecule has 2 aliphatic rings. The molecule has 2 fully saturated rings. The van der Waals surface area contributed by atoms with Crippen LogP contribution in [0.2, 0.25) is 0 Å². The smallest absolute Gasteiger partial charge is 0.358 e. The highest BCUT2D eigenvalue weighted by Gasteiger charge is 2.25. The fourth-order valence-corrected chi connectivity index (χ4v) is 2.70. The van der Waals surface area contributed by atoms with E-state index in [1.54, 1.807) is 6.20 Å². The fraction of sp³-hybridized carbons (Fsp3) is 0.600. The summed E-state index contributed by atoms with van der Waals surface area (Å²) < 4.78 is 5.68. The Bertz CT molecular complexity index is 476. The maximum Gasteiger partial charge on any atom is 0.358 e. The van der Waals surface area contributed by atoms with Crippen LogP contribution in [0, 0.1) is 5.92 Å². The van der Waals surface area contributed by atoms with Crippen LogP contribution in [0.1, 0.15) is 60.5 Å². The zero-order valence-corrected chi connectivity index (χ0v) is 11.0. The number of ether oxygens (including phenoxy) is 1. The van der Waals surface area contributed by atoms with Crippen LogP contribution in [0.4, 0.5) is 0 Å². The lowest BCUT2D eigenvalue weighted by molar-refractivity contribution is 0.0685. The van der Waals surface area contributed by atoms with E-state index < -0.39 is 5.97 Å². The van der Waals surface area contributed by atoms with E-state index in [1.165, 1.54) is 38.5 Å². The summed E-state index contributed by atoms with van der Waals surface area (Å²) in [5, 5.41) is 9.16. The van der Waals surface area contributed by atoms with E-state index in [0.717, 1.165) is 5.56 Å². The number of rotatable bonds is 5. The first-order valence-electron chi connectivity index (χ1n) is 7.10. The van der Waals surface area contributed by atoms with E-state index >= 15 is 0 Å². The SMILES string of the molecule is O=C(O)c1ncc(C2CCCC2)cc1OCC1CC1. The van der Waals surface area contributed by atoms with Gasteiger partial charge in [-0.3, -0.25) is 0 Å². The summed E-state index contributed by atoms with van der Waals surface area (Å²) in [6.45, 7) is 0.621. The third-order valence-electron chi connectivity index (χ3n) is 4.07. The second kappa shape index (κ2) is 5.19. The Morgan fingerprint density at radius 1 is 1.32 bits per heavy atom. The number of carboxylic acid groups (broad SMARTS) is 1. The molecule has 0 saturated heterocycles. The lowest BCUT2D eigenvalue weighted by atomic mass is 9.99. The largest absolute Gasteiger partial charge is 0.491 e. The summed E-state index contributed by atoms with van der Waals surface area (Å²) in [5.41, 5.74) is 1.18. The van der Waals surface area contributed by atoms with Crippen LogP contribution in [-0.2, 0) is 0 Å². The fourth-order valence-electron chi connectivity index (χ4n) is 2.70. The van der Waals surface area contributed by atoms with E-state index in [2.05, 4.69) is 4.98 Å². The van der Waals surface area contributed by atoms with Crippen molar-refractivity contribution in [3.05, 3.63) is 23.5 Å². The van der Waals surface area contributed by atoms with Gasteiger partial charge in [0.05, 0.1) is 6.61 Å². The van der Waals surface area contributed by atoms with Crippen LogP contribution >= 0.6 is 0 Å². The number of aromatic nitrogens is 1. The molecule has 1 N–H and O–H groups in total. The number of carbonyl (C=O) groups is 1. The van der Waals surface area contributed by atoms with Crippen molar-refractivity contribution in [1.82, 2.24) is 4.98 Å². The third kappa shape index (κ3) is 2.88. The topological polar surface area (TPSA) is 59.4 Å². The standard InChI is InChI=1S/C15H19NO3/c17-15(18)14-13(19-9-10-5-6-10)7-12(8-16-14)11-3-1-2-4-11/h7-8,10-11H,1-6,9H2,(H,17,18). The lowest BCUT2D eigenvalue weighted by Crippen LogP contribution is -2.09. The van der Waals surface area contributed by atoms with Crippen molar-refractivity contribution in [2.24, 2.45) is 5.92 Å². The molecule has 3 rings (SSSR count). The van der Waals surface area contributed by atoms with Crippen LogP contribution in [0.15, 0.2) is 12.3 Å². The molecule has 0 unspecified atom stereocenters. The molecule has 0 atom stereocenters. The minimum atomic E-state index is -1.01. The number of nitrogens with zero attached hydrogens (tertiary/aromatic N) is 1. The van der Waals surface area contributed by atoms with E-state index in [9.17, 15) is 4.79 Å². The first-order valence-corrected chi connectivity index (χ1v) is 7.10. The maximum atomic E-state index is 11.2. The summed E-state index contributed by atoms with van der Waals surface area (Å²) in [4.78, 5) is 15.3. The van der Waals surface area contributed by atoms with Crippen LogP contribution in [0.3, 0.4) is 0 Å². The number of aromatic carboxylic acids is 1. The van der Waals surface area contributed by atoms with Gasteiger partial charge in [-0.05, 0) is 49.1 Å². The van der Waals surface area contributed by atoms with Crippen LogP contribution in [0.5, 0.6) is 5.75 Å². The molecule has 102 valence electrons. The molecule has 1 aromatic rings. The average molecular weight is 261 g/mol. The van der Waals surface area contributed by atoms with E-state index in [4.69, 9.17) is 9.84 Å². The molecule has 0 aliphatic heterocycles.